The summed E-state index contributed by atoms with van der Waals surface area (Å²) in [6.45, 7) is 5.74. The lowest BCUT2D eigenvalue weighted by Crippen LogP contribution is -2.42. The Morgan fingerprint density at radius 1 is 1.13 bits per heavy atom. The number of rotatable bonds is 8. The Morgan fingerprint density at radius 2 is 1.84 bits per heavy atom. The molecule has 0 spiro atoms. The van der Waals surface area contributed by atoms with E-state index in [2.05, 4.69) is 0 Å². The van der Waals surface area contributed by atoms with Crippen molar-refractivity contribution in [1.29, 1.82) is 0 Å². The predicted molar refractivity (Wildman–Crippen MR) is 115 cm³/mol. The van der Waals surface area contributed by atoms with Gasteiger partial charge in [-0.05, 0) is 38.3 Å². The smallest absolute Gasteiger partial charge is 0.309 e. The van der Waals surface area contributed by atoms with Crippen molar-refractivity contribution < 1.29 is 23.5 Å². The summed E-state index contributed by atoms with van der Waals surface area (Å²) in [6.07, 6.45) is 2.97. The van der Waals surface area contributed by atoms with Gasteiger partial charge in [0.15, 0.2) is 0 Å². The van der Waals surface area contributed by atoms with Crippen molar-refractivity contribution in [2.75, 3.05) is 26.2 Å². The van der Waals surface area contributed by atoms with E-state index in [0.717, 1.165) is 5.56 Å². The summed E-state index contributed by atoms with van der Waals surface area (Å²) < 4.78 is 10.4. The number of hydrogen-bond acceptors (Lipinski definition) is 5. The fraction of sp³-hybridized carbons (Fsp3) is 0.458. The van der Waals surface area contributed by atoms with E-state index < -0.39 is 0 Å². The highest BCUT2D eigenvalue weighted by molar-refractivity contribution is 5.95. The van der Waals surface area contributed by atoms with Crippen molar-refractivity contribution in [3.05, 3.63) is 59.5 Å². The van der Waals surface area contributed by atoms with Crippen molar-refractivity contribution in [1.82, 2.24) is 9.80 Å². The van der Waals surface area contributed by atoms with Gasteiger partial charge in [-0.3, -0.25) is 14.4 Å². The quantitative estimate of drug-likeness (QED) is 0.604. The predicted octanol–water partition coefficient (Wildman–Crippen LogP) is 3.42. The number of carbonyl (C=O) groups is 3. The number of esters is 1. The van der Waals surface area contributed by atoms with Gasteiger partial charge in [0.1, 0.15) is 5.76 Å². The summed E-state index contributed by atoms with van der Waals surface area (Å²) in [5.74, 6) is 0.102. The molecule has 2 amide bonds. The Morgan fingerprint density at radius 3 is 2.45 bits per heavy atom. The summed E-state index contributed by atoms with van der Waals surface area (Å²) in [6, 6.07) is 11.4. The maximum absolute atomic E-state index is 13.1. The topological polar surface area (TPSA) is 80.1 Å². The van der Waals surface area contributed by atoms with Crippen LogP contribution in [0.2, 0.25) is 0 Å². The lowest BCUT2D eigenvalue weighted by molar-refractivity contribution is -0.151. The number of furan rings is 1. The third-order valence-electron chi connectivity index (χ3n) is 5.66. The van der Waals surface area contributed by atoms with Gasteiger partial charge in [-0.1, -0.05) is 30.3 Å². The van der Waals surface area contributed by atoms with Crippen LogP contribution in [0.4, 0.5) is 0 Å². The van der Waals surface area contributed by atoms with Gasteiger partial charge in [0.25, 0.3) is 5.91 Å². The van der Waals surface area contributed by atoms with Gasteiger partial charge in [-0.2, -0.15) is 0 Å². The van der Waals surface area contributed by atoms with E-state index in [-0.39, 0.29) is 30.1 Å². The van der Waals surface area contributed by atoms with Gasteiger partial charge in [0.2, 0.25) is 5.91 Å². The van der Waals surface area contributed by atoms with Crippen LogP contribution in [0.15, 0.2) is 47.1 Å². The lowest BCUT2D eigenvalue weighted by Gasteiger charge is -2.31. The molecule has 1 aromatic carbocycles. The summed E-state index contributed by atoms with van der Waals surface area (Å²) in [5.41, 5.74) is 1.51. The highest BCUT2D eigenvalue weighted by atomic mass is 16.5. The number of carbonyl (C=O) groups excluding carboxylic acids is 3. The Kier molecular flexibility index (Phi) is 7.87. The SMILES string of the molecule is CCOC(=O)C1CCN(C(=O)CCN(Cc2ccccc2)C(=O)c2ccoc2C)CC1. The van der Waals surface area contributed by atoms with Crippen LogP contribution >= 0.6 is 0 Å². The normalized spacial score (nSPS) is 14.3. The average Bonchev–Trinajstić information content (AvgIpc) is 3.22. The first-order valence-electron chi connectivity index (χ1n) is 10.8. The van der Waals surface area contributed by atoms with Gasteiger partial charge in [-0.25, -0.2) is 0 Å². The zero-order valence-electron chi connectivity index (χ0n) is 18.2. The highest BCUT2D eigenvalue weighted by Crippen LogP contribution is 2.20. The second-order valence-corrected chi connectivity index (χ2v) is 7.76. The average molecular weight is 427 g/mol. The van der Waals surface area contributed by atoms with Crippen molar-refractivity contribution >= 4 is 17.8 Å². The molecule has 1 aliphatic rings. The lowest BCUT2D eigenvalue weighted by atomic mass is 9.97. The first-order chi connectivity index (χ1) is 15.0. The number of amides is 2. The van der Waals surface area contributed by atoms with Crippen LogP contribution in [0.3, 0.4) is 0 Å². The van der Waals surface area contributed by atoms with Gasteiger partial charge in [-0.15, -0.1) is 0 Å². The van der Waals surface area contributed by atoms with Gasteiger partial charge in [0.05, 0.1) is 24.4 Å². The maximum atomic E-state index is 13.1. The number of benzene rings is 1. The van der Waals surface area contributed by atoms with E-state index >= 15 is 0 Å². The van der Waals surface area contributed by atoms with E-state index in [1.165, 1.54) is 6.26 Å². The molecule has 0 aliphatic carbocycles. The maximum Gasteiger partial charge on any atom is 0.309 e. The molecule has 0 radical (unpaired) electrons. The summed E-state index contributed by atoms with van der Waals surface area (Å²) in [7, 11) is 0. The van der Waals surface area contributed by atoms with Crippen molar-refractivity contribution in [3.8, 4) is 0 Å². The fourth-order valence-corrected chi connectivity index (χ4v) is 3.85. The van der Waals surface area contributed by atoms with Crippen LogP contribution in [0.1, 0.15) is 47.9 Å². The van der Waals surface area contributed by atoms with E-state index in [9.17, 15) is 14.4 Å². The van der Waals surface area contributed by atoms with Crippen LogP contribution in [0.25, 0.3) is 0 Å². The number of aryl methyl sites for hydroxylation is 1. The molecule has 0 unspecified atom stereocenters. The summed E-state index contributed by atoms with van der Waals surface area (Å²) >= 11 is 0. The van der Waals surface area contributed by atoms with Gasteiger partial charge in [0, 0.05) is 32.6 Å². The van der Waals surface area contributed by atoms with Gasteiger partial charge < -0.3 is 19.0 Å². The van der Waals surface area contributed by atoms with Gasteiger partial charge >= 0.3 is 5.97 Å². The second-order valence-electron chi connectivity index (χ2n) is 7.76. The molecule has 0 saturated carbocycles. The summed E-state index contributed by atoms with van der Waals surface area (Å²) in [5, 5.41) is 0. The largest absolute Gasteiger partial charge is 0.469 e. The zero-order chi connectivity index (χ0) is 22.2. The van der Waals surface area contributed by atoms with E-state index in [1.54, 1.807) is 29.7 Å². The molecule has 1 saturated heterocycles. The number of piperidine rings is 1. The van der Waals surface area contributed by atoms with Crippen LogP contribution in [-0.4, -0.2) is 53.8 Å². The Bertz CT molecular complexity index is 884. The first-order valence-corrected chi connectivity index (χ1v) is 10.8. The molecule has 3 rings (SSSR count). The Hall–Kier alpha value is -3.09. The van der Waals surface area contributed by atoms with E-state index in [0.29, 0.717) is 57.0 Å². The highest BCUT2D eigenvalue weighted by Gasteiger charge is 2.29. The standard InChI is InChI=1S/C24H30N2O5/c1-3-30-24(29)20-9-13-25(14-10-20)22(27)11-15-26(17-19-7-5-4-6-8-19)23(28)21-12-16-31-18(21)2/h4-8,12,16,20H,3,9-11,13-15,17H2,1-2H3. The molecule has 166 valence electrons. The van der Waals surface area contributed by atoms with Crippen molar-refractivity contribution in [2.45, 2.75) is 39.7 Å². The summed E-state index contributed by atoms with van der Waals surface area (Å²) in [4.78, 5) is 41.2. The molecule has 7 nitrogen and oxygen atoms in total. The fourth-order valence-electron chi connectivity index (χ4n) is 3.85. The molecule has 2 heterocycles. The number of nitrogens with zero attached hydrogens (tertiary/aromatic N) is 2. The van der Waals surface area contributed by atoms with Crippen molar-refractivity contribution in [2.24, 2.45) is 5.92 Å². The second kappa shape index (κ2) is 10.8. The number of hydrogen-bond donors (Lipinski definition) is 0. The van der Waals surface area contributed by atoms with E-state index in [1.807, 2.05) is 30.3 Å². The minimum atomic E-state index is -0.176. The molecule has 1 aromatic heterocycles. The van der Waals surface area contributed by atoms with Crippen LogP contribution < -0.4 is 0 Å². The molecule has 0 N–H and O–H groups in total. The van der Waals surface area contributed by atoms with E-state index in [4.69, 9.17) is 9.15 Å². The molecular weight excluding hydrogens is 396 g/mol. The Balaban J connectivity index is 1.59. The number of likely N-dealkylation sites (tertiary alicyclic amines) is 1. The minimum absolute atomic E-state index is 0.00270. The Labute approximate surface area is 183 Å². The molecule has 0 atom stereocenters. The number of ether oxygens (including phenoxy) is 1. The van der Waals surface area contributed by atoms with Crippen molar-refractivity contribution in [3.63, 3.8) is 0 Å². The molecule has 1 fully saturated rings. The molecule has 2 aromatic rings. The third-order valence-corrected chi connectivity index (χ3v) is 5.66. The van der Waals surface area contributed by atoms with Crippen LogP contribution in [0.5, 0.6) is 0 Å². The molecule has 0 bridgehead atoms. The van der Waals surface area contributed by atoms with Crippen LogP contribution in [0, 0.1) is 12.8 Å². The monoisotopic (exact) mass is 426 g/mol. The van der Waals surface area contributed by atoms with Crippen LogP contribution in [-0.2, 0) is 20.9 Å². The first kappa shape index (κ1) is 22.6. The minimum Gasteiger partial charge on any atom is -0.469 e. The molecule has 7 heteroatoms. The molecule has 31 heavy (non-hydrogen) atoms. The zero-order valence-corrected chi connectivity index (χ0v) is 18.2. The molecular formula is C24H30N2O5. The third kappa shape index (κ3) is 5.96. The molecule has 1 aliphatic heterocycles.